The number of nitrogens with zero attached hydrogens (tertiary/aromatic N) is 4. The van der Waals surface area contributed by atoms with Gasteiger partial charge in [0.25, 0.3) is 0 Å². The third-order valence-corrected chi connectivity index (χ3v) is 3.32. The Morgan fingerprint density at radius 2 is 2.25 bits per heavy atom. The summed E-state index contributed by atoms with van der Waals surface area (Å²) in [6.45, 7) is 8.26. The molecule has 1 aliphatic rings. The Balaban J connectivity index is 1.83. The number of likely N-dealkylation sites (tertiary alicyclic amines) is 1. The van der Waals surface area contributed by atoms with Crippen LogP contribution in [0.2, 0.25) is 0 Å². The minimum atomic E-state index is 0.469. The predicted octanol–water partition coefficient (Wildman–Crippen LogP) is 0.467. The van der Waals surface area contributed by atoms with Crippen LogP contribution in [0.15, 0.2) is 6.20 Å². The molecule has 0 spiro atoms. The van der Waals surface area contributed by atoms with Gasteiger partial charge in [0, 0.05) is 31.9 Å². The van der Waals surface area contributed by atoms with E-state index in [0.717, 1.165) is 24.7 Å². The highest BCUT2D eigenvalue weighted by molar-refractivity contribution is 4.90. The van der Waals surface area contributed by atoms with Gasteiger partial charge in [-0.1, -0.05) is 12.1 Å². The number of rotatable bonds is 4. The summed E-state index contributed by atoms with van der Waals surface area (Å²) in [5, 5.41) is 8.04. The second-order valence-corrected chi connectivity index (χ2v) is 4.86. The SMILES string of the molecule is CC1CC(C)N(CCn2cc(CN)nn2)C1. The van der Waals surface area contributed by atoms with Crippen molar-refractivity contribution in [1.29, 1.82) is 0 Å². The molecule has 1 fully saturated rings. The zero-order valence-electron chi connectivity index (χ0n) is 10.1. The zero-order valence-corrected chi connectivity index (χ0v) is 10.1. The molecule has 90 valence electrons. The first-order valence-corrected chi connectivity index (χ1v) is 6.02. The fourth-order valence-corrected chi connectivity index (χ4v) is 2.47. The molecule has 0 bridgehead atoms. The van der Waals surface area contributed by atoms with Gasteiger partial charge in [0.2, 0.25) is 0 Å². The smallest absolute Gasteiger partial charge is 0.0962 e. The van der Waals surface area contributed by atoms with E-state index < -0.39 is 0 Å². The summed E-state index contributed by atoms with van der Waals surface area (Å²) >= 11 is 0. The second-order valence-electron chi connectivity index (χ2n) is 4.86. The maximum Gasteiger partial charge on any atom is 0.0962 e. The first-order chi connectivity index (χ1) is 7.69. The number of nitrogens with two attached hydrogens (primary N) is 1. The molecule has 0 aromatic carbocycles. The molecule has 1 aromatic rings. The Hall–Kier alpha value is -0.940. The van der Waals surface area contributed by atoms with E-state index in [1.807, 2.05) is 10.9 Å². The van der Waals surface area contributed by atoms with Crippen LogP contribution in [0.3, 0.4) is 0 Å². The number of aromatic nitrogens is 3. The lowest BCUT2D eigenvalue weighted by Crippen LogP contribution is -2.30. The van der Waals surface area contributed by atoms with Crippen molar-refractivity contribution in [2.75, 3.05) is 13.1 Å². The van der Waals surface area contributed by atoms with Gasteiger partial charge in [-0.3, -0.25) is 9.58 Å². The van der Waals surface area contributed by atoms with Gasteiger partial charge >= 0.3 is 0 Å². The van der Waals surface area contributed by atoms with Crippen molar-refractivity contribution >= 4 is 0 Å². The van der Waals surface area contributed by atoms with E-state index in [1.54, 1.807) is 0 Å². The Morgan fingerprint density at radius 3 is 2.81 bits per heavy atom. The third-order valence-electron chi connectivity index (χ3n) is 3.32. The standard InChI is InChI=1S/C11H21N5/c1-9-5-10(2)15(7-9)3-4-16-8-11(6-12)13-14-16/h8-10H,3-7,12H2,1-2H3. The summed E-state index contributed by atoms with van der Waals surface area (Å²) in [4.78, 5) is 2.52. The van der Waals surface area contributed by atoms with Crippen molar-refractivity contribution in [3.8, 4) is 0 Å². The minimum absolute atomic E-state index is 0.469. The van der Waals surface area contributed by atoms with Crippen LogP contribution in [0.4, 0.5) is 0 Å². The van der Waals surface area contributed by atoms with Gasteiger partial charge in [-0.25, -0.2) is 0 Å². The quantitative estimate of drug-likeness (QED) is 0.806. The first-order valence-electron chi connectivity index (χ1n) is 6.02. The molecular formula is C11H21N5. The maximum atomic E-state index is 5.50. The topological polar surface area (TPSA) is 60.0 Å². The van der Waals surface area contributed by atoms with Gasteiger partial charge in [-0.05, 0) is 19.3 Å². The molecule has 1 aliphatic heterocycles. The molecule has 5 heteroatoms. The molecule has 2 rings (SSSR count). The van der Waals surface area contributed by atoms with Crippen molar-refractivity contribution in [3.05, 3.63) is 11.9 Å². The Labute approximate surface area is 96.6 Å². The third kappa shape index (κ3) is 2.59. The molecule has 2 heterocycles. The molecule has 0 aliphatic carbocycles. The molecule has 0 saturated carbocycles. The van der Waals surface area contributed by atoms with Gasteiger partial charge in [-0.15, -0.1) is 5.10 Å². The molecule has 16 heavy (non-hydrogen) atoms. The highest BCUT2D eigenvalue weighted by atomic mass is 15.4. The number of hydrogen-bond acceptors (Lipinski definition) is 4. The average Bonchev–Trinajstić information content (AvgIpc) is 2.82. The van der Waals surface area contributed by atoms with E-state index in [0.29, 0.717) is 12.6 Å². The largest absolute Gasteiger partial charge is 0.325 e. The van der Waals surface area contributed by atoms with Gasteiger partial charge in [0.15, 0.2) is 0 Å². The van der Waals surface area contributed by atoms with Crippen LogP contribution >= 0.6 is 0 Å². The molecule has 0 amide bonds. The fourth-order valence-electron chi connectivity index (χ4n) is 2.47. The predicted molar refractivity (Wildman–Crippen MR) is 62.7 cm³/mol. The van der Waals surface area contributed by atoms with Gasteiger partial charge in [0.05, 0.1) is 12.2 Å². The van der Waals surface area contributed by atoms with Crippen molar-refractivity contribution in [1.82, 2.24) is 19.9 Å². The van der Waals surface area contributed by atoms with Crippen molar-refractivity contribution in [3.63, 3.8) is 0 Å². The minimum Gasteiger partial charge on any atom is -0.325 e. The Morgan fingerprint density at radius 1 is 1.44 bits per heavy atom. The van der Waals surface area contributed by atoms with E-state index in [2.05, 4.69) is 29.1 Å². The van der Waals surface area contributed by atoms with E-state index in [-0.39, 0.29) is 0 Å². The highest BCUT2D eigenvalue weighted by Gasteiger charge is 2.25. The van der Waals surface area contributed by atoms with E-state index in [9.17, 15) is 0 Å². The molecule has 5 nitrogen and oxygen atoms in total. The first kappa shape index (κ1) is 11.5. The molecule has 1 saturated heterocycles. The summed E-state index contributed by atoms with van der Waals surface area (Å²) < 4.78 is 1.89. The maximum absolute atomic E-state index is 5.50. The zero-order chi connectivity index (χ0) is 11.5. The van der Waals surface area contributed by atoms with Crippen LogP contribution in [-0.4, -0.2) is 39.0 Å². The van der Waals surface area contributed by atoms with Crippen molar-refractivity contribution in [2.45, 2.75) is 39.4 Å². The summed E-state index contributed by atoms with van der Waals surface area (Å²) in [5.74, 6) is 0.824. The lowest BCUT2D eigenvalue weighted by molar-refractivity contribution is 0.249. The summed E-state index contributed by atoms with van der Waals surface area (Å²) in [6.07, 6.45) is 3.25. The van der Waals surface area contributed by atoms with Crippen LogP contribution in [0.1, 0.15) is 26.0 Å². The van der Waals surface area contributed by atoms with Crippen LogP contribution in [0.5, 0.6) is 0 Å². The Kier molecular flexibility index (Phi) is 3.56. The lowest BCUT2D eigenvalue weighted by Gasteiger charge is -2.20. The Bertz CT molecular complexity index is 335. The normalized spacial score (nSPS) is 26.4. The monoisotopic (exact) mass is 223 g/mol. The molecule has 0 radical (unpaired) electrons. The van der Waals surface area contributed by atoms with Gasteiger partial charge in [0.1, 0.15) is 0 Å². The highest BCUT2D eigenvalue weighted by Crippen LogP contribution is 2.21. The lowest BCUT2D eigenvalue weighted by atomic mass is 10.1. The summed E-state index contributed by atoms with van der Waals surface area (Å²) in [5.41, 5.74) is 6.36. The molecule has 2 atom stereocenters. The number of hydrogen-bond donors (Lipinski definition) is 1. The molecule has 1 aromatic heterocycles. The van der Waals surface area contributed by atoms with E-state index in [1.165, 1.54) is 13.0 Å². The van der Waals surface area contributed by atoms with Crippen molar-refractivity contribution in [2.24, 2.45) is 11.7 Å². The van der Waals surface area contributed by atoms with Crippen LogP contribution in [-0.2, 0) is 13.1 Å². The molecular weight excluding hydrogens is 202 g/mol. The molecule has 2 N–H and O–H groups in total. The van der Waals surface area contributed by atoms with Crippen LogP contribution in [0.25, 0.3) is 0 Å². The van der Waals surface area contributed by atoms with Crippen molar-refractivity contribution < 1.29 is 0 Å². The second kappa shape index (κ2) is 4.93. The van der Waals surface area contributed by atoms with Crippen LogP contribution < -0.4 is 5.73 Å². The van der Waals surface area contributed by atoms with Gasteiger partial charge < -0.3 is 5.73 Å². The summed E-state index contributed by atoms with van der Waals surface area (Å²) in [6, 6.07) is 0.701. The fraction of sp³-hybridized carbons (Fsp3) is 0.818. The van der Waals surface area contributed by atoms with E-state index >= 15 is 0 Å². The van der Waals surface area contributed by atoms with E-state index in [4.69, 9.17) is 5.73 Å². The summed E-state index contributed by atoms with van der Waals surface area (Å²) in [7, 11) is 0. The molecule has 2 unspecified atom stereocenters. The average molecular weight is 223 g/mol. The van der Waals surface area contributed by atoms with Crippen LogP contribution in [0, 0.1) is 5.92 Å². The van der Waals surface area contributed by atoms with Gasteiger partial charge in [-0.2, -0.15) is 0 Å².